The van der Waals surface area contributed by atoms with Crippen molar-refractivity contribution in [2.24, 2.45) is 0 Å². The van der Waals surface area contributed by atoms with Crippen molar-refractivity contribution in [1.29, 1.82) is 0 Å². The van der Waals surface area contributed by atoms with Gasteiger partial charge in [-0.1, -0.05) is 18.9 Å². The molecule has 25 heavy (non-hydrogen) atoms. The van der Waals surface area contributed by atoms with Crippen molar-refractivity contribution in [3.63, 3.8) is 0 Å². The molecule has 0 N–H and O–H groups in total. The normalized spacial score (nSPS) is 20.6. The molecular formula is C19H23N3O2S. The number of amides is 1. The lowest BCUT2D eigenvalue weighted by atomic mass is 9.82. The van der Waals surface area contributed by atoms with Gasteiger partial charge < -0.3 is 9.64 Å². The van der Waals surface area contributed by atoms with Gasteiger partial charge in [0.2, 0.25) is 11.8 Å². The highest BCUT2D eigenvalue weighted by molar-refractivity contribution is 7.10. The van der Waals surface area contributed by atoms with E-state index in [1.165, 1.54) is 4.88 Å². The van der Waals surface area contributed by atoms with Gasteiger partial charge in [0.15, 0.2) is 0 Å². The number of rotatable bonds is 4. The molecule has 4 rings (SSSR count). The first kappa shape index (κ1) is 16.5. The Balaban J connectivity index is 1.41. The van der Waals surface area contributed by atoms with Gasteiger partial charge in [-0.25, -0.2) is 0 Å². The minimum Gasteiger partial charge on any atom is -0.473 e. The Bertz CT molecular complexity index is 691. The first-order valence-electron chi connectivity index (χ1n) is 9.06. The molecule has 0 spiro atoms. The number of ether oxygens (including phenoxy) is 1. The van der Waals surface area contributed by atoms with E-state index in [0.717, 1.165) is 51.6 Å². The molecule has 2 fully saturated rings. The number of piperidine rings is 1. The number of thiophene rings is 1. The summed E-state index contributed by atoms with van der Waals surface area (Å²) in [6.07, 6.45) is 7.73. The maximum atomic E-state index is 13.4. The molecule has 2 aromatic heterocycles. The third kappa shape index (κ3) is 3.27. The van der Waals surface area contributed by atoms with Crippen LogP contribution in [0.3, 0.4) is 0 Å². The van der Waals surface area contributed by atoms with E-state index in [-0.39, 0.29) is 11.5 Å². The maximum Gasteiger partial charge on any atom is 0.234 e. The summed E-state index contributed by atoms with van der Waals surface area (Å²) in [4.78, 5) is 16.7. The Kier molecular flexibility index (Phi) is 4.70. The highest BCUT2D eigenvalue weighted by Crippen LogP contribution is 2.44. The van der Waals surface area contributed by atoms with E-state index in [0.29, 0.717) is 11.8 Å². The van der Waals surface area contributed by atoms with Crippen LogP contribution in [0.4, 0.5) is 0 Å². The molecule has 0 unspecified atom stereocenters. The van der Waals surface area contributed by atoms with Gasteiger partial charge in [-0.3, -0.25) is 4.79 Å². The summed E-state index contributed by atoms with van der Waals surface area (Å²) in [5, 5.41) is 9.92. The van der Waals surface area contributed by atoms with Crippen LogP contribution in [0.1, 0.15) is 43.4 Å². The zero-order valence-corrected chi connectivity index (χ0v) is 15.1. The molecule has 0 atom stereocenters. The minimum atomic E-state index is -0.271. The number of aromatic nitrogens is 2. The first-order chi connectivity index (χ1) is 12.3. The predicted molar refractivity (Wildman–Crippen MR) is 96.7 cm³/mol. The molecule has 5 nitrogen and oxygen atoms in total. The highest BCUT2D eigenvalue weighted by atomic mass is 32.1. The van der Waals surface area contributed by atoms with Gasteiger partial charge in [0, 0.05) is 43.1 Å². The van der Waals surface area contributed by atoms with E-state index in [1.807, 2.05) is 12.1 Å². The number of hydrogen-bond donors (Lipinski definition) is 0. The number of carbonyl (C=O) groups is 1. The first-order valence-corrected chi connectivity index (χ1v) is 9.94. The van der Waals surface area contributed by atoms with Gasteiger partial charge in [0.25, 0.3) is 0 Å². The SMILES string of the molecule is O=C(N1CCC(Oc2cccnn2)CC1)C1(c2cccs2)CCCC1. The average Bonchev–Trinajstić information content (AvgIpc) is 3.35. The zero-order chi connectivity index (χ0) is 17.1. The van der Waals surface area contributed by atoms with Gasteiger partial charge >= 0.3 is 0 Å². The van der Waals surface area contributed by atoms with E-state index in [9.17, 15) is 4.79 Å². The van der Waals surface area contributed by atoms with Gasteiger partial charge in [-0.15, -0.1) is 16.4 Å². The Hall–Kier alpha value is -1.95. The molecule has 1 aliphatic heterocycles. The Morgan fingerprint density at radius 1 is 1.20 bits per heavy atom. The van der Waals surface area contributed by atoms with Gasteiger partial charge in [-0.05, 0) is 30.4 Å². The smallest absolute Gasteiger partial charge is 0.234 e. The lowest BCUT2D eigenvalue weighted by Crippen LogP contribution is -2.49. The fourth-order valence-electron chi connectivity index (χ4n) is 4.10. The van der Waals surface area contributed by atoms with Crippen LogP contribution in [0.25, 0.3) is 0 Å². The lowest BCUT2D eigenvalue weighted by Gasteiger charge is -2.38. The summed E-state index contributed by atoms with van der Waals surface area (Å²) in [6, 6.07) is 7.85. The van der Waals surface area contributed by atoms with Crippen molar-refractivity contribution in [2.45, 2.75) is 50.0 Å². The molecule has 1 amide bonds. The van der Waals surface area contributed by atoms with Gasteiger partial charge in [-0.2, -0.15) is 5.10 Å². The summed E-state index contributed by atoms with van der Waals surface area (Å²) in [5.74, 6) is 0.892. The maximum absolute atomic E-state index is 13.4. The molecule has 1 aliphatic carbocycles. The Morgan fingerprint density at radius 2 is 2.00 bits per heavy atom. The number of carbonyl (C=O) groups excluding carboxylic acids is 1. The quantitative estimate of drug-likeness (QED) is 0.841. The molecule has 1 saturated heterocycles. The van der Waals surface area contributed by atoms with Gasteiger partial charge in [0.1, 0.15) is 6.10 Å². The highest BCUT2D eigenvalue weighted by Gasteiger charge is 2.46. The van der Waals surface area contributed by atoms with Crippen LogP contribution < -0.4 is 4.74 Å². The van der Waals surface area contributed by atoms with Crippen LogP contribution in [-0.2, 0) is 10.2 Å². The summed E-state index contributed by atoms with van der Waals surface area (Å²) in [5.41, 5.74) is -0.271. The van der Waals surface area contributed by atoms with Crippen molar-refractivity contribution in [3.05, 3.63) is 40.7 Å². The fourth-order valence-corrected chi connectivity index (χ4v) is 5.07. The van der Waals surface area contributed by atoms with Crippen LogP contribution in [0.2, 0.25) is 0 Å². The number of nitrogens with zero attached hydrogens (tertiary/aromatic N) is 3. The largest absolute Gasteiger partial charge is 0.473 e. The van der Waals surface area contributed by atoms with Gasteiger partial charge in [0.05, 0.1) is 5.41 Å². The van der Waals surface area contributed by atoms with Crippen molar-refractivity contribution in [3.8, 4) is 5.88 Å². The van der Waals surface area contributed by atoms with E-state index in [1.54, 1.807) is 17.5 Å². The van der Waals surface area contributed by atoms with Crippen molar-refractivity contribution in [1.82, 2.24) is 15.1 Å². The molecule has 2 aromatic rings. The predicted octanol–water partition coefficient (Wildman–Crippen LogP) is 3.42. The number of likely N-dealkylation sites (tertiary alicyclic amines) is 1. The lowest BCUT2D eigenvalue weighted by molar-refractivity contribution is -0.139. The summed E-state index contributed by atoms with van der Waals surface area (Å²) >= 11 is 1.73. The summed E-state index contributed by atoms with van der Waals surface area (Å²) in [6.45, 7) is 1.52. The van der Waals surface area contributed by atoms with Crippen molar-refractivity contribution in [2.75, 3.05) is 13.1 Å². The molecule has 132 valence electrons. The molecule has 3 heterocycles. The van der Waals surface area contributed by atoms with Crippen LogP contribution in [-0.4, -0.2) is 40.2 Å². The standard InChI is InChI=1S/C19H23N3O2S/c23-18(19(9-1-2-10-19)16-5-4-14-25-16)22-12-7-15(8-13-22)24-17-6-3-11-20-21-17/h3-6,11,14-15H,1-2,7-10,12-13H2. The van der Waals surface area contributed by atoms with Crippen LogP contribution in [0.5, 0.6) is 5.88 Å². The molecule has 6 heteroatoms. The molecular weight excluding hydrogens is 334 g/mol. The van der Waals surface area contributed by atoms with E-state index < -0.39 is 0 Å². The summed E-state index contributed by atoms with van der Waals surface area (Å²) < 4.78 is 5.90. The third-order valence-electron chi connectivity index (χ3n) is 5.42. The van der Waals surface area contributed by atoms with E-state index in [2.05, 4.69) is 32.6 Å². The zero-order valence-electron chi connectivity index (χ0n) is 14.3. The molecule has 2 aliphatic rings. The van der Waals surface area contributed by atoms with E-state index >= 15 is 0 Å². The Morgan fingerprint density at radius 3 is 2.64 bits per heavy atom. The number of hydrogen-bond acceptors (Lipinski definition) is 5. The summed E-state index contributed by atoms with van der Waals surface area (Å²) in [7, 11) is 0. The van der Waals surface area contributed by atoms with Crippen molar-refractivity contribution >= 4 is 17.2 Å². The Labute approximate surface area is 152 Å². The second kappa shape index (κ2) is 7.12. The average molecular weight is 357 g/mol. The van der Waals surface area contributed by atoms with E-state index in [4.69, 9.17) is 4.74 Å². The molecule has 0 radical (unpaired) electrons. The molecule has 0 aromatic carbocycles. The monoisotopic (exact) mass is 357 g/mol. The molecule has 0 bridgehead atoms. The fraction of sp³-hybridized carbons (Fsp3) is 0.526. The van der Waals surface area contributed by atoms with Crippen LogP contribution >= 0.6 is 11.3 Å². The molecule has 1 saturated carbocycles. The minimum absolute atomic E-state index is 0.113. The van der Waals surface area contributed by atoms with Crippen molar-refractivity contribution < 1.29 is 9.53 Å². The second-order valence-electron chi connectivity index (χ2n) is 6.94. The third-order valence-corrected chi connectivity index (χ3v) is 6.50. The van der Waals surface area contributed by atoms with Crippen LogP contribution in [0.15, 0.2) is 35.8 Å². The van der Waals surface area contributed by atoms with Crippen LogP contribution in [0, 0.1) is 0 Å². The second-order valence-corrected chi connectivity index (χ2v) is 7.89. The topological polar surface area (TPSA) is 55.3 Å².